The first-order valence-electron chi connectivity index (χ1n) is 10.4. The van der Waals surface area contributed by atoms with Gasteiger partial charge in [-0.2, -0.15) is 8.42 Å². The van der Waals surface area contributed by atoms with Gasteiger partial charge in [0.2, 0.25) is 5.75 Å². The summed E-state index contributed by atoms with van der Waals surface area (Å²) >= 11 is 0. The van der Waals surface area contributed by atoms with Crippen LogP contribution in [0.4, 0.5) is 34.1 Å². The maximum Gasteiger partial charge on any atom is 0.367 e. The third kappa shape index (κ3) is 5.58. The molecule has 4 rings (SSSR count). The maximum atomic E-state index is 11.4. The highest BCUT2D eigenvalue weighted by Gasteiger charge is 2.29. The Bertz CT molecular complexity index is 1840. The van der Waals surface area contributed by atoms with Crippen molar-refractivity contribution in [2.45, 2.75) is 4.90 Å². The lowest BCUT2D eigenvalue weighted by Crippen LogP contribution is -1.97. The van der Waals surface area contributed by atoms with Crippen LogP contribution in [0.3, 0.4) is 0 Å². The highest BCUT2D eigenvalue weighted by Crippen LogP contribution is 2.43. The van der Waals surface area contributed by atoms with Crippen molar-refractivity contribution in [1.82, 2.24) is 0 Å². The van der Waals surface area contributed by atoms with E-state index in [1.165, 1.54) is 18.2 Å². The van der Waals surface area contributed by atoms with Crippen molar-refractivity contribution >= 4 is 55.0 Å². The van der Waals surface area contributed by atoms with Crippen molar-refractivity contribution in [2.24, 2.45) is 20.5 Å². The van der Waals surface area contributed by atoms with Crippen molar-refractivity contribution < 1.29 is 48.6 Å². The molecule has 0 fully saturated rings. The fourth-order valence-corrected chi connectivity index (χ4v) is 3.86. The number of benzene rings is 4. The molecule has 198 valence electrons. The Morgan fingerprint density at radius 2 is 1.28 bits per heavy atom. The molecule has 0 aromatic heterocycles. The average molecular weight is 556 g/mol. The minimum atomic E-state index is -4.42. The average Bonchev–Trinajstić information content (AvgIpc) is 2.87. The van der Waals surface area contributed by atoms with Crippen LogP contribution >= 0.6 is 0 Å². The van der Waals surface area contributed by atoms with Crippen LogP contribution in [-0.4, -0.2) is 48.6 Å². The highest BCUT2D eigenvalue weighted by atomic mass is 32.2. The summed E-state index contributed by atoms with van der Waals surface area (Å²) < 4.78 is 32.1. The summed E-state index contributed by atoms with van der Waals surface area (Å²) in [5.74, 6) is -2.01. The smallest absolute Gasteiger partial charge is 0.367 e. The lowest BCUT2D eigenvalue weighted by atomic mass is 10.1. The third-order valence-electron chi connectivity index (χ3n) is 5.21. The minimum absolute atomic E-state index is 0.200. The topological polar surface area (TPSA) is 245 Å². The SMILES string of the molecule is O=[N+](O)c1cc(/N=N/c2cc(/N=N/c3cccc4cc(S(=O)(=O)O)ccc34)c(O)cc2O)c(O)c([N+](=O)O)c1. The number of phenolic OH excluding ortho intramolecular Hbond substituents is 3. The van der Waals surface area contributed by atoms with Gasteiger partial charge < -0.3 is 15.3 Å². The molecule has 0 radical (unpaired) electrons. The fraction of sp³-hybridized carbons (Fsp3) is 0. The van der Waals surface area contributed by atoms with Crippen LogP contribution in [0.25, 0.3) is 10.8 Å². The summed E-state index contributed by atoms with van der Waals surface area (Å²) in [4.78, 5) is 20.7. The standard InChI is InChI=1S/C22H14N6O10S/c29-20-10-21(30)17(25-26-18-7-12(27(32)33)8-19(22(18)31)28(34)35)9-16(20)24-23-15-3-1-2-11-6-13(39(36,37)38)4-5-14(11)15/h1-10H,(H4-2,23,24,25,26,29,30,31,32,33,34,35,36,37,38)/p+2. The van der Waals surface area contributed by atoms with E-state index in [4.69, 9.17) is 10.4 Å². The molecule has 0 aliphatic heterocycles. The Kier molecular flexibility index (Phi) is 6.85. The van der Waals surface area contributed by atoms with Crippen molar-refractivity contribution in [3.8, 4) is 17.2 Å². The van der Waals surface area contributed by atoms with Gasteiger partial charge in [0.1, 0.15) is 34.6 Å². The van der Waals surface area contributed by atoms with Crippen molar-refractivity contribution in [3.63, 3.8) is 0 Å². The Morgan fingerprint density at radius 1 is 0.667 bits per heavy atom. The molecule has 0 unspecified atom stereocenters. The number of aromatic hydroxyl groups is 3. The minimum Gasteiger partial charge on any atom is -0.505 e. The van der Waals surface area contributed by atoms with Gasteiger partial charge in [0, 0.05) is 17.5 Å². The van der Waals surface area contributed by atoms with E-state index >= 15 is 0 Å². The van der Waals surface area contributed by atoms with Gasteiger partial charge in [-0.3, -0.25) is 4.55 Å². The van der Waals surface area contributed by atoms with Crippen molar-refractivity contribution in [2.75, 3.05) is 0 Å². The van der Waals surface area contributed by atoms with E-state index in [0.29, 0.717) is 16.8 Å². The summed E-state index contributed by atoms with van der Waals surface area (Å²) in [6.07, 6.45) is 0. The van der Waals surface area contributed by atoms with Crippen LogP contribution in [0, 0.1) is 9.81 Å². The molecule has 0 amide bonds. The lowest BCUT2D eigenvalue weighted by Gasteiger charge is -2.05. The molecular formula is C22H16N6O10S+2. The van der Waals surface area contributed by atoms with E-state index in [1.54, 1.807) is 18.2 Å². The molecule has 0 bridgehead atoms. The van der Waals surface area contributed by atoms with Gasteiger partial charge in [-0.15, -0.1) is 20.5 Å². The van der Waals surface area contributed by atoms with E-state index in [9.17, 15) is 38.1 Å². The lowest BCUT2D eigenvalue weighted by molar-refractivity contribution is -0.735. The van der Waals surface area contributed by atoms with Crippen LogP contribution in [0.5, 0.6) is 17.2 Å². The molecule has 0 aliphatic carbocycles. The first-order valence-corrected chi connectivity index (χ1v) is 11.9. The van der Waals surface area contributed by atoms with Crippen LogP contribution in [0.1, 0.15) is 0 Å². The summed E-state index contributed by atoms with van der Waals surface area (Å²) in [6, 6.07) is 11.9. The Hall–Kier alpha value is -5.55. The maximum absolute atomic E-state index is 11.4. The largest absolute Gasteiger partial charge is 0.505 e. The number of phenols is 3. The van der Waals surface area contributed by atoms with Crippen LogP contribution < -0.4 is 0 Å². The zero-order valence-corrected chi connectivity index (χ0v) is 20.0. The molecule has 17 heteroatoms. The fourth-order valence-electron chi connectivity index (χ4n) is 3.34. The molecular weight excluding hydrogens is 540 g/mol. The van der Waals surface area contributed by atoms with Gasteiger partial charge in [0.15, 0.2) is 0 Å². The monoisotopic (exact) mass is 556 g/mol. The Morgan fingerprint density at radius 3 is 1.87 bits per heavy atom. The molecule has 0 saturated carbocycles. The molecule has 4 aromatic carbocycles. The van der Waals surface area contributed by atoms with E-state index in [1.807, 2.05) is 0 Å². The number of azo groups is 2. The van der Waals surface area contributed by atoms with E-state index in [0.717, 1.165) is 18.2 Å². The van der Waals surface area contributed by atoms with E-state index in [-0.39, 0.29) is 22.0 Å². The Labute approximate surface area is 216 Å². The number of hydrogen-bond acceptors (Lipinski definition) is 11. The number of nitrogens with zero attached hydrogens (tertiary/aromatic N) is 6. The zero-order chi connectivity index (χ0) is 28.5. The molecule has 39 heavy (non-hydrogen) atoms. The van der Waals surface area contributed by atoms with Gasteiger partial charge in [-0.05, 0) is 23.6 Å². The van der Waals surface area contributed by atoms with Gasteiger partial charge in [0.05, 0.1) is 26.5 Å². The van der Waals surface area contributed by atoms with Crippen LogP contribution in [-0.2, 0) is 10.1 Å². The van der Waals surface area contributed by atoms with Gasteiger partial charge in [-0.25, -0.2) is 10.4 Å². The number of fused-ring (bicyclic) bond motifs is 1. The normalized spacial score (nSPS) is 11.9. The second kappa shape index (κ2) is 10.1. The zero-order valence-electron chi connectivity index (χ0n) is 19.2. The molecule has 0 saturated heterocycles. The van der Waals surface area contributed by atoms with Gasteiger partial charge >= 0.3 is 11.4 Å². The first kappa shape index (κ1) is 26.5. The van der Waals surface area contributed by atoms with Crippen molar-refractivity contribution in [3.05, 3.63) is 70.5 Å². The second-order valence-electron chi connectivity index (χ2n) is 7.74. The summed E-state index contributed by atoms with van der Waals surface area (Å²) in [6.45, 7) is 0. The molecule has 0 heterocycles. The van der Waals surface area contributed by atoms with E-state index < -0.39 is 54.3 Å². The summed E-state index contributed by atoms with van der Waals surface area (Å²) in [5.41, 5.74) is -2.22. The van der Waals surface area contributed by atoms with Crippen LogP contribution in [0.2, 0.25) is 0 Å². The van der Waals surface area contributed by atoms with Crippen LogP contribution in [0.15, 0.2) is 86.0 Å². The first-order chi connectivity index (χ1) is 18.3. The quantitative estimate of drug-likeness (QED) is 0.0929. The molecule has 0 aliphatic rings. The highest BCUT2D eigenvalue weighted by molar-refractivity contribution is 7.85. The molecule has 16 nitrogen and oxygen atoms in total. The van der Waals surface area contributed by atoms with Gasteiger partial charge in [-0.1, -0.05) is 18.2 Å². The summed E-state index contributed by atoms with van der Waals surface area (Å²) in [5, 5.41) is 64.9. The second-order valence-corrected chi connectivity index (χ2v) is 9.16. The predicted molar refractivity (Wildman–Crippen MR) is 130 cm³/mol. The predicted octanol–water partition coefficient (Wildman–Crippen LogP) is 5.63. The van der Waals surface area contributed by atoms with E-state index in [2.05, 4.69) is 20.5 Å². The number of hydrogen-bond donors (Lipinski definition) is 6. The molecule has 4 aromatic rings. The van der Waals surface area contributed by atoms with Gasteiger partial charge in [0.25, 0.3) is 20.0 Å². The third-order valence-corrected chi connectivity index (χ3v) is 6.06. The molecule has 0 atom stereocenters. The number of rotatable bonds is 7. The summed E-state index contributed by atoms with van der Waals surface area (Å²) in [7, 11) is -4.42. The van der Waals surface area contributed by atoms with Crippen molar-refractivity contribution in [1.29, 1.82) is 0 Å². The molecule has 0 spiro atoms. The molecule has 6 N–H and O–H groups in total. The Balaban J connectivity index is 1.72.